The average Bonchev–Trinajstić information content (AvgIpc) is 2.85. The van der Waals surface area contributed by atoms with E-state index in [2.05, 4.69) is 10.3 Å². The number of hydrogen-bond acceptors (Lipinski definition) is 6. The van der Waals surface area contributed by atoms with Crippen LogP contribution in [0.5, 0.6) is 0 Å². The number of hydrogen-bond donors (Lipinski definition) is 3. The summed E-state index contributed by atoms with van der Waals surface area (Å²) >= 11 is 1.21. The Morgan fingerprint density at radius 2 is 2.62 bits per heavy atom. The molecule has 0 spiro atoms. The zero-order valence-corrected chi connectivity index (χ0v) is 9.42. The SMILES string of the molecule is Nc1nc(C(=O)NCC2(O)CCOC2)cs1. The van der Waals surface area contributed by atoms with Crippen LogP contribution < -0.4 is 11.1 Å². The van der Waals surface area contributed by atoms with Gasteiger partial charge in [0, 0.05) is 25.0 Å². The quantitative estimate of drug-likeness (QED) is 0.671. The molecule has 2 heterocycles. The number of thiazole rings is 1. The van der Waals surface area contributed by atoms with Crippen LogP contribution in [0.25, 0.3) is 0 Å². The third kappa shape index (κ3) is 2.49. The third-order valence-electron chi connectivity index (χ3n) is 2.42. The lowest BCUT2D eigenvalue weighted by Gasteiger charge is -2.20. The zero-order chi connectivity index (χ0) is 11.6. The van der Waals surface area contributed by atoms with Crippen molar-refractivity contribution in [2.24, 2.45) is 0 Å². The van der Waals surface area contributed by atoms with Gasteiger partial charge < -0.3 is 20.9 Å². The number of nitrogen functional groups attached to an aromatic ring is 1. The van der Waals surface area contributed by atoms with Crippen molar-refractivity contribution in [2.75, 3.05) is 25.5 Å². The second kappa shape index (κ2) is 4.36. The largest absolute Gasteiger partial charge is 0.386 e. The van der Waals surface area contributed by atoms with E-state index >= 15 is 0 Å². The first-order valence-corrected chi connectivity index (χ1v) is 5.76. The van der Waals surface area contributed by atoms with Crippen molar-refractivity contribution < 1.29 is 14.6 Å². The Morgan fingerprint density at radius 1 is 1.81 bits per heavy atom. The molecule has 2 rings (SSSR count). The molecule has 1 aromatic rings. The van der Waals surface area contributed by atoms with E-state index in [0.717, 1.165) is 0 Å². The van der Waals surface area contributed by atoms with Crippen LogP contribution >= 0.6 is 11.3 Å². The molecule has 6 nitrogen and oxygen atoms in total. The molecule has 16 heavy (non-hydrogen) atoms. The summed E-state index contributed by atoms with van der Waals surface area (Å²) in [6.45, 7) is 0.950. The molecule has 0 aliphatic carbocycles. The number of carbonyl (C=O) groups excluding carboxylic acids is 1. The highest BCUT2D eigenvalue weighted by atomic mass is 32.1. The summed E-state index contributed by atoms with van der Waals surface area (Å²) in [7, 11) is 0. The number of amides is 1. The minimum Gasteiger partial charge on any atom is -0.386 e. The Labute approximate surface area is 96.4 Å². The van der Waals surface area contributed by atoms with Crippen LogP contribution in [0, 0.1) is 0 Å². The highest BCUT2D eigenvalue weighted by molar-refractivity contribution is 7.13. The van der Waals surface area contributed by atoms with Crippen molar-refractivity contribution in [3.8, 4) is 0 Å². The molecule has 1 atom stereocenters. The van der Waals surface area contributed by atoms with Crippen molar-refractivity contribution in [2.45, 2.75) is 12.0 Å². The van der Waals surface area contributed by atoms with E-state index in [1.165, 1.54) is 11.3 Å². The topological polar surface area (TPSA) is 97.5 Å². The van der Waals surface area contributed by atoms with Gasteiger partial charge in [0.15, 0.2) is 5.13 Å². The fourth-order valence-electron chi connectivity index (χ4n) is 1.46. The van der Waals surface area contributed by atoms with Gasteiger partial charge in [-0.3, -0.25) is 4.79 Å². The molecule has 1 aliphatic rings. The summed E-state index contributed by atoms with van der Waals surface area (Å²) < 4.78 is 5.07. The Morgan fingerprint density at radius 3 is 3.19 bits per heavy atom. The summed E-state index contributed by atoms with van der Waals surface area (Å²) in [6, 6.07) is 0. The lowest BCUT2D eigenvalue weighted by atomic mass is 10.0. The maximum Gasteiger partial charge on any atom is 0.270 e. The first kappa shape index (κ1) is 11.3. The third-order valence-corrected chi connectivity index (χ3v) is 3.09. The van der Waals surface area contributed by atoms with E-state index in [1.54, 1.807) is 5.38 Å². The average molecular weight is 243 g/mol. The second-order valence-electron chi connectivity index (χ2n) is 3.78. The van der Waals surface area contributed by atoms with Gasteiger partial charge in [0.2, 0.25) is 0 Å². The van der Waals surface area contributed by atoms with Gasteiger partial charge in [-0.25, -0.2) is 4.98 Å². The normalized spacial score (nSPS) is 24.6. The Hall–Kier alpha value is -1.18. The maximum absolute atomic E-state index is 11.6. The second-order valence-corrected chi connectivity index (χ2v) is 4.67. The van der Waals surface area contributed by atoms with Crippen molar-refractivity contribution in [3.63, 3.8) is 0 Å². The molecule has 1 amide bonds. The lowest BCUT2D eigenvalue weighted by Crippen LogP contribution is -2.43. The number of carbonyl (C=O) groups is 1. The van der Waals surface area contributed by atoms with E-state index < -0.39 is 5.60 Å². The van der Waals surface area contributed by atoms with Crippen LogP contribution in [-0.2, 0) is 4.74 Å². The summed E-state index contributed by atoms with van der Waals surface area (Å²) in [6.07, 6.45) is 0.534. The molecule has 1 aromatic heterocycles. The van der Waals surface area contributed by atoms with Gasteiger partial charge in [0.05, 0.1) is 6.61 Å². The van der Waals surface area contributed by atoms with Gasteiger partial charge >= 0.3 is 0 Å². The minimum absolute atomic E-state index is 0.170. The van der Waals surface area contributed by atoms with E-state index in [4.69, 9.17) is 10.5 Å². The smallest absolute Gasteiger partial charge is 0.270 e. The number of aliphatic hydroxyl groups is 1. The molecule has 1 aliphatic heterocycles. The monoisotopic (exact) mass is 243 g/mol. The van der Waals surface area contributed by atoms with Gasteiger partial charge in [-0.1, -0.05) is 0 Å². The first-order chi connectivity index (χ1) is 7.59. The van der Waals surface area contributed by atoms with Crippen LogP contribution in [0.1, 0.15) is 16.9 Å². The predicted octanol–water partition coefficient (Wildman–Crippen LogP) is -0.394. The van der Waals surface area contributed by atoms with E-state index in [1.807, 2.05) is 0 Å². The van der Waals surface area contributed by atoms with Crippen molar-refractivity contribution in [1.82, 2.24) is 10.3 Å². The summed E-state index contributed by atoms with van der Waals surface area (Å²) in [5, 5.41) is 14.5. The summed E-state index contributed by atoms with van der Waals surface area (Å²) in [4.78, 5) is 15.4. The summed E-state index contributed by atoms with van der Waals surface area (Å²) in [5.41, 5.74) is 4.75. The predicted molar refractivity (Wildman–Crippen MR) is 59.2 cm³/mol. The van der Waals surface area contributed by atoms with E-state index in [-0.39, 0.29) is 24.8 Å². The number of nitrogens with two attached hydrogens (primary N) is 1. The number of anilines is 1. The molecular formula is C9H13N3O3S. The molecule has 0 saturated carbocycles. The number of nitrogens with one attached hydrogen (secondary N) is 1. The number of ether oxygens (including phenoxy) is 1. The van der Waals surface area contributed by atoms with Crippen LogP contribution in [-0.4, -0.2) is 41.4 Å². The van der Waals surface area contributed by atoms with Crippen LogP contribution in [0.15, 0.2) is 5.38 Å². The van der Waals surface area contributed by atoms with Gasteiger partial charge in [0.1, 0.15) is 11.3 Å². The molecule has 7 heteroatoms. The van der Waals surface area contributed by atoms with Gasteiger partial charge in [-0.2, -0.15) is 0 Å². The van der Waals surface area contributed by atoms with Gasteiger partial charge in [-0.15, -0.1) is 11.3 Å². The fourth-order valence-corrected chi connectivity index (χ4v) is 2.01. The minimum atomic E-state index is -0.947. The van der Waals surface area contributed by atoms with Crippen molar-refractivity contribution in [3.05, 3.63) is 11.1 Å². The van der Waals surface area contributed by atoms with Gasteiger partial charge in [0.25, 0.3) is 5.91 Å². The highest BCUT2D eigenvalue weighted by Gasteiger charge is 2.32. The molecule has 0 aromatic carbocycles. The Balaban J connectivity index is 1.88. The molecule has 1 saturated heterocycles. The number of aromatic nitrogens is 1. The lowest BCUT2D eigenvalue weighted by molar-refractivity contribution is 0.0264. The molecule has 0 bridgehead atoms. The molecule has 4 N–H and O–H groups in total. The summed E-state index contributed by atoms with van der Waals surface area (Å²) in [5.74, 6) is -0.326. The molecule has 88 valence electrons. The van der Waals surface area contributed by atoms with Crippen LogP contribution in [0.4, 0.5) is 5.13 Å². The van der Waals surface area contributed by atoms with Gasteiger partial charge in [-0.05, 0) is 0 Å². The molecular weight excluding hydrogens is 230 g/mol. The van der Waals surface area contributed by atoms with Crippen molar-refractivity contribution in [1.29, 1.82) is 0 Å². The maximum atomic E-state index is 11.6. The molecule has 1 fully saturated rings. The first-order valence-electron chi connectivity index (χ1n) is 4.88. The van der Waals surface area contributed by atoms with Crippen molar-refractivity contribution >= 4 is 22.4 Å². The van der Waals surface area contributed by atoms with Crippen LogP contribution in [0.3, 0.4) is 0 Å². The number of nitrogens with zero attached hydrogens (tertiary/aromatic N) is 1. The van der Waals surface area contributed by atoms with E-state index in [9.17, 15) is 9.90 Å². The standard InChI is InChI=1S/C9H13N3O3S/c10-8-12-6(3-16-8)7(13)11-4-9(14)1-2-15-5-9/h3,14H,1-2,4-5H2,(H2,10,12)(H,11,13). The molecule has 0 radical (unpaired) electrons. The zero-order valence-electron chi connectivity index (χ0n) is 8.60. The van der Waals surface area contributed by atoms with E-state index in [0.29, 0.717) is 18.2 Å². The highest BCUT2D eigenvalue weighted by Crippen LogP contribution is 2.17. The van der Waals surface area contributed by atoms with Crippen LogP contribution in [0.2, 0.25) is 0 Å². The Bertz CT molecular complexity index is 387. The molecule has 1 unspecified atom stereocenters. The Kier molecular flexibility index (Phi) is 3.08. The fraction of sp³-hybridized carbons (Fsp3) is 0.556. The number of rotatable bonds is 3.